The largest absolute Gasteiger partial charge is 0.353 e. The molecule has 1 heterocycles. The van der Waals surface area contributed by atoms with Crippen LogP contribution in [0.5, 0.6) is 0 Å². The Morgan fingerprint density at radius 1 is 1.18 bits per heavy atom. The van der Waals surface area contributed by atoms with Crippen molar-refractivity contribution in [1.82, 2.24) is 5.32 Å². The summed E-state index contributed by atoms with van der Waals surface area (Å²) in [5.41, 5.74) is 1.28. The van der Waals surface area contributed by atoms with E-state index in [1.54, 1.807) is 0 Å². The molecule has 17 heavy (non-hydrogen) atoms. The van der Waals surface area contributed by atoms with E-state index >= 15 is 0 Å². The molecule has 1 saturated heterocycles. The van der Waals surface area contributed by atoms with Gasteiger partial charge in [0.2, 0.25) is 5.91 Å². The molecule has 1 aromatic rings. The molecule has 0 aromatic heterocycles. The van der Waals surface area contributed by atoms with Crippen LogP contribution < -0.4 is 5.32 Å². The first-order chi connectivity index (χ1) is 8.31. The van der Waals surface area contributed by atoms with Gasteiger partial charge in [-0.1, -0.05) is 43.2 Å². The van der Waals surface area contributed by atoms with Crippen LogP contribution in [-0.2, 0) is 11.2 Å². The third-order valence-electron chi connectivity index (χ3n) is 3.93. The van der Waals surface area contributed by atoms with Crippen molar-refractivity contribution < 1.29 is 4.79 Å². The van der Waals surface area contributed by atoms with Gasteiger partial charge in [0.1, 0.15) is 0 Å². The van der Waals surface area contributed by atoms with Gasteiger partial charge in [-0.15, -0.1) is 0 Å². The summed E-state index contributed by atoms with van der Waals surface area (Å²) in [5.74, 6) is 1.36. The van der Waals surface area contributed by atoms with Gasteiger partial charge in [-0.25, -0.2) is 0 Å². The van der Waals surface area contributed by atoms with Gasteiger partial charge < -0.3 is 5.32 Å². The van der Waals surface area contributed by atoms with Gasteiger partial charge >= 0.3 is 0 Å². The van der Waals surface area contributed by atoms with Crippen molar-refractivity contribution in [3.63, 3.8) is 0 Å². The monoisotopic (exact) mass is 229 g/mol. The van der Waals surface area contributed by atoms with E-state index in [1.165, 1.54) is 24.8 Å². The topological polar surface area (TPSA) is 29.1 Å². The number of benzene rings is 1. The number of nitrogens with one attached hydrogen (secondary N) is 1. The fourth-order valence-electron chi connectivity index (χ4n) is 2.81. The Morgan fingerprint density at radius 3 is 2.65 bits per heavy atom. The molecule has 0 radical (unpaired) electrons. The zero-order chi connectivity index (χ0) is 11.7. The highest BCUT2D eigenvalue weighted by atomic mass is 16.2. The van der Waals surface area contributed by atoms with E-state index in [0.29, 0.717) is 6.04 Å². The molecule has 1 amide bonds. The molecule has 2 fully saturated rings. The van der Waals surface area contributed by atoms with Crippen LogP contribution in [0.4, 0.5) is 0 Å². The van der Waals surface area contributed by atoms with E-state index < -0.39 is 0 Å². The Hall–Kier alpha value is -1.31. The number of hydrogen-bond donors (Lipinski definition) is 1. The lowest BCUT2D eigenvalue weighted by Crippen LogP contribution is -2.26. The predicted octanol–water partition coefficient (Wildman–Crippen LogP) is 2.53. The molecular formula is C15H19NO. The summed E-state index contributed by atoms with van der Waals surface area (Å²) >= 11 is 0. The minimum atomic E-state index is 0.196. The Bertz CT molecular complexity index is 397. The molecule has 2 unspecified atom stereocenters. The van der Waals surface area contributed by atoms with Crippen molar-refractivity contribution in [3.8, 4) is 0 Å². The van der Waals surface area contributed by atoms with Crippen LogP contribution >= 0.6 is 0 Å². The maximum Gasteiger partial charge on any atom is 0.223 e. The van der Waals surface area contributed by atoms with Crippen molar-refractivity contribution in [2.24, 2.45) is 11.8 Å². The lowest BCUT2D eigenvalue weighted by molar-refractivity contribution is -0.122. The number of amides is 1. The Balaban J connectivity index is 1.58. The lowest BCUT2D eigenvalue weighted by Gasteiger charge is -2.08. The maximum atomic E-state index is 11.9. The summed E-state index contributed by atoms with van der Waals surface area (Å²) in [6.07, 6.45) is 5.88. The standard InChI is InChI=1S/C15H19NO/c17-15-13(8-11-4-2-1-3-5-11)10-14(16-15)9-12-6-7-12/h1-5,12-14H,6-10H2,(H,16,17). The summed E-state index contributed by atoms with van der Waals surface area (Å²) in [4.78, 5) is 11.9. The molecule has 1 aliphatic carbocycles. The molecule has 1 aliphatic heterocycles. The van der Waals surface area contributed by atoms with Crippen LogP contribution in [0.25, 0.3) is 0 Å². The van der Waals surface area contributed by atoms with Gasteiger partial charge in [0, 0.05) is 12.0 Å². The molecule has 2 heteroatoms. The molecule has 1 N–H and O–H groups in total. The lowest BCUT2D eigenvalue weighted by atomic mass is 9.95. The highest BCUT2D eigenvalue weighted by Gasteiger charge is 2.35. The van der Waals surface area contributed by atoms with E-state index in [-0.39, 0.29) is 11.8 Å². The number of carbonyl (C=O) groups excluding carboxylic acids is 1. The SMILES string of the molecule is O=C1NC(CC2CC2)CC1Cc1ccccc1. The quantitative estimate of drug-likeness (QED) is 0.844. The second kappa shape index (κ2) is 4.52. The van der Waals surface area contributed by atoms with Crippen molar-refractivity contribution in [3.05, 3.63) is 35.9 Å². The average molecular weight is 229 g/mol. The molecular weight excluding hydrogens is 210 g/mol. The first-order valence-corrected chi connectivity index (χ1v) is 6.65. The molecule has 0 bridgehead atoms. The van der Waals surface area contributed by atoms with Crippen LogP contribution in [0.3, 0.4) is 0 Å². The summed E-state index contributed by atoms with van der Waals surface area (Å²) in [7, 11) is 0. The fourth-order valence-corrected chi connectivity index (χ4v) is 2.81. The van der Waals surface area contributed by atoms with Crippen LogP contribution in [0, 0.1) is 11.8 Å². The van der Waals surface area contributed by atoms with Gasteiger partial charge in [-0.2, -0.15) is 0 Å². The number of rotatable bonds is 4. The maximum absolute atomic E-state index is 11.9. The minimum absolute atomic E-state index is 0.196. The fraction of sp³-hybridized carbons (Fsp3) is 0.533. The Morgan fingerprint density at radius 2 is 1.94 bits per heavy atom. The van der Waals surface area contributed by atoms with E-state index in [9.17, 15) is 4.79 Å². The third-order valence-corrected chi connectivity index (χ3v) is 3.93. The summed E-state index contributed by atoms with van der Waals surface area (Å²) in [6, 6.07) is 10.8. The van der Waals surface area contributed by atoms with Gasteiger partial charge in [0.25, 0.3) is 0 Å². The molecule has 1 aromatic carbocycles. The minimum Gasteiger partial charge on any atom is -0.353 e. The molecule has 90 valence electrons. The van der Waals surface area contributed by atoms with Crippen LogP contribution in [0.2, 0.25) is 0 Å². The average Bonchev–Trinajstić information content (AvgIpc) is 3.07. The second-order valence-electron chi connectivity index (χ2n) is 5.51. The van der Waals surface area contributed by atoms with Crippen molar-refractivity contribution in [1.29, 1.82) is 0 Å². The third kappa shape index (κ3) is 2.68. The van der Waals surface area contributed by atoms with E-state index in [2.05, 4.69) is 17.4 Å². The summed E-state index contributed by atoms with van der Waals surface area (Å²) in [6.45, 7) is 0. The van der Waals surface area contributed by atoms with Gasteiger partial charge in [0.05, 0.1) is 0 Å². The van der Waals surface area contributed by atoms with Gasteiger partial charge in [-0.05, 0) is 30.7 Å². The Labute approximate surface area is 102 Å². The summed E-state index contributed by atoms with van der Waals surface area (Å²) < 4.78 is 0. The molecule has 2 aliphatic rings. The number of hydrogen-bond acceptors (Lipinski definition) is 1. The first kappa shape index (κ1) is 10.8. The highest BCUT2D eigenvalue weighted by Crippen LogP contribution is 2.36. The highest BCUT2D eigenvalue weighted by molar-refractivity contribution is 5.81. The van der Waals surface area contributed by atoms with Crippen molar-refractivity contribution in [2.75, 3.05) is 0 Å². The van der Waals surface area contributed by atoms with Crippen molar-refractivity contribution in [2.45, 2.75) is 38.1 Å². The second-order valence-corrected chi connectivity index (χ2v) is 5.51. The molecule has 0 spiro atoms. The summed E-state index contributed by atoms with van der Waals surface area (Å²) in [5, 5.41) is 3.16. The van der Waals surface area contributed by atoms with E-state index in [1.807, 2.05) is 18.2 Å². The van der Waals surface area contributed by atoms with Crippen molar-refractivity contribution >= 4 is 5.91 Å². The zero-order valence-corrected chi connectivity index (χ0v) is 10.1. The van der Waals surface area contributed by atoms with Gasteiger partial charge in [-0.3, -0.25) is 4.79 Å². The molecule has 2 nitrogen and oxygen atoms in total. The molecule has 3 rings (SSSR count). The zero-order valence-electron chi connectivity index (χ0n) is 10.1. The van der Waals surface area contributed by atoms with Crippen LogP contribution in [-0.4, -0.2) is 11.9 Å². The van der Waals surface area contributed by atoms with Crippen LogP contribution in [0.1, 0.15) is 31.2 Å². The Kier molecular flexibility index (Phi) is 2.87. The van der Waals surface area contributed by atoms with Gasteiger partial charge in [0.15, 0.2) is 0 Å². The van der Waals surface area contributed by atoms with E-state index in [0.717, 1.165) is 18.8 Å². The normalized spacial score (nSPS) is 28.1. The molecule has 2 atom stereocenters. The van der Waals surface area contributed by atoms with E-state index in [4.69, 9.17) is 0 Å². The first-order valence-electron chi connectivity index (χ1n) is 6.65. The number of carbonyl (C=O) groups is 1. The predicted molar refractivity (Wildman–Crippen MR) is 67.5 cm³/mol. The smallest absolute Gasteiger partial charge is 0.223 e. The van der Waals surface area contributed by atoms with Crippen LogP contribution in [0.15, 0.2) is 30.3 Å². The molecule has 1 saturated carbocycles.